The number of hydrogen-bond acceptors (Lipinski definition) is 5. The smallest absolute Gasteiger partial charge is 0.435 e. The molecule has 0 N–H and O–H groups in total. The number of rotatable bonds is 6. The topological polar surface area (TPSA) is 78.1 Å². The standard InChI is InChI=1S/C30H27F3N6O2/c1-4-18-11-23-25(5-7-35-27(23)26(14-18)41-3)39-9-6-20-21(24-16-37(2)36-28(24)30(31,32)33)12-19(13-22(20)29(39)40)15-38-10-8-34-17-38/h5,7-8,10-14,16-17H,4,6,9,15H2,1-3H3. The van der Waals surface area contributed by atoms with Gasteiger partial charge in [0.1, 0.15) is 11.3 Å². The zero-order valence-electron chi connectivity index (χ0n) is 22.7. The number of nitrogens with zero attached hydrogens (tertiary/aromatic N) is 6. The van der Waals surface area contributed by atoms with Gasteiger partial charge < -0.3 is 14.2 Å². The van der Waals surface area contributed by atoms with Gasteiger partial charge in [0.15, 0.2) is 5.69 Å². The fraction of sp³-hybridized carbons (Fsp3) is 0.267. The molecule has 0 fully saturated rings. The maximum absolute atomic E-state index is 14.2. The molecule has 0 spiro atoms. The van der Waals surface area contributed by atoms with Crippen LogP contribution < -0.4 is 9.64 Å². The second kappa shape index (κ2) is 10.1. The van der Waals surface area contributed by atoms with Crippen LogP contribution in [0.25, 0.3) is 22.0 Å². The number of pyridine rings is 1. The van der Waals surface area contributed by atoms with E-state index in [4.69, 9.17) is 4.74 Å². The van der Waals surface area contributed by atoms with Crippen molar-refractivity contribution in [1.82, 2.24) is 24.3 Å². The first-order valence-electron chi connectivity index (χ1n) is 13.2. The molecule has 0 aliphatic carbocycles. The maximum Gasteiger partial charge on any atom is 0.435 e. The Labute approximate surface area is 234 Å². The van der Waals surface area contributed by atoms with Crippen molar-refractivity contribution >= 4 is 22.5 Å². The first-order valence-corrected chi connectivity index (χ1v) is 13.2. The molecule has 0 saturated heterocycles. The quantitative estimate of drug-likeness (QED) is 0.267. The van der Waals surface area contributed by atoms with Crippen molar-refractivity contribution in [2.24, 2.45) is 7.05 Å². The molecule has 41 heavy (non-hydrogen) atoms. The van der Waals surface area contributed by atoms with Crippen molar-refractivity contribution in [3.8, 4) is 16.9 Å². The van der Waals surface area contributed by atoms with Gasteiger partial charge in [0.2, 0.25) is 0 Å². The largest absolute Gasteiger partial charge is 0.494 e. The average Bonchev–Trinajstić information content (AvgIpc) is 3.62. The molecule has 5 aromatic rings. The Bertz CT molecular complexity index is 1780. The third-order valence-electron chi connectivity index (χ3n) is 7.45. The van der Waals surface area contributed by atoms with E-state index in [9.17, 15) is 18.0 Å². The number of halogens is 3. The van der Waals surface area contributed by atoms with Gasteiger partial charge in [0.05, 0.1) is 19.1 Å². The Hall–Kier alpha value is -4.67. The van der Waals surface area contributed by atoms with E-state index in [0.29, 0.717) is 58.7 Å². The minimum atomic E-state index is -4.65. The normalized spacial score (nSPS) is 13.6. The van der Waals surface area contributed by atoms with E-state index < -0.39 is 11.9 Å². The molecule has 6 rings (SSSR count). The fourth-order valence-corrected chi connectivity index (χ4v) is 5.57. The number of hydrogen-bond donors (Lipinski definition) is 0. The molecular formula is C30H27F3N6O2. The number of anilines is 1. The summed E-state index contributed by atoms with van der Waals surface area (Å²) in [7, 11) is 3.04. The molecule has 210 valence electrons. The molecular weight excluding hydrogens is 533 g/mol. The second-order valence-electron chi connectivity index (χ2n) is 10.1. The Morgan fingerprint density at radius 1 is 1.05 bits per heavy atom. The highest BCUT2D eigenvalue weighted by molar-refractivity contribution is 6.13. The van der Waals surface area contributed by atoms with Crippen molar-refractivity contribution in [2.45, 2.75) is 32.5 Å². The van der Waals surface area contributed by atoms with E-state index in [-0.39, 0.29) is 11.5 Å². The van der Waals surface area contributed by atoms with Crippen LogP contribution in [-0.2, 0) is 32.6 Å². The second-order valence-corrected chi connectivity index (χ2v) is 10.1. The van der Waals surface area contributed by atoms with Crippen LogP contribution in [-0.4, -0.2) is 43.9 Å². The summed E-state index contributed by atoms with van der Waals surface area (Å²) in [4.78, 5) is 24.5. The molecule has 3 aromatic heterocycles. The zero-order chi connectivity index (χ0) is 28.9. The number of alkyl halides is 3. The molecule has 8 nitrogen and oxygen atoms in total. The Morgan fingerprint density at radius 3 is 2.56 bits per heavy atom. The maximum atomic E-state index is 14.2. The highest BCUT2D eigenvalue weighted by atomic mass is 19.4. The van der Waals surface area contributed by atoms with Gasteiger partial charge in [-0.2, -0.15) is 18.3 Å². The molecule has 4 heterocycles. The Balaban J connectivity index is 1.52. The van der Waals surface area contributed by atoms with Crippen molar-refractivity contribution in [1.29, 1.82) is 0 Å². The molecule has 2 aromatic carbocycles. The van der Waals surface area contributed by atoms with Crippen molar-refractivity contribution in [3.05, 3.63) is 89.4 Å². The highest BCUT2D eigenvalue weighted by Gasteiger charge is 2.39. The Kier molecular flexibility index (Phi) is 6.51. The van der Waals surface area contributed by atoms with E-state index in [1.807, 2.05) is 19.1 Å². The predicted molar refractivity (Wildman–Crippen MR) is 148 cm³/mol. The lowest BCUT2D eigenvalue weighted by Crippen LogP contribution is -2.38. The van der Waals surface area contributed by atoms with Gasteiger partial charge in [-0.3, -0.25) is 14.5 Å². The fourth-order valence-electron chi connectivity index (χ4n) is 5.57. The SMILES string of the molecule is CCc1cc(OC)c2nccc(N3CCc4c(cc(Cn5ccnc5)cc4-c4cn(C)nc4C(F)(F)F)C3=O)c2c1. The minimum Gasteiger partial charge on any atom is -0.494 e. The summed E-state index contributed by atoms with van der Waals surface area (Å²) in [5.74, 6) is 0.331. The third-order valence-corrected chi connectivity index (χ3v) is 7.45. The number of fused-ring (bicyclic) bond motifs is 2. The Morgan fingerprint density at radius 2 is 1.85 bits per heavy atom. The summed E-state index contributed by atoms with van der Waals surface area (Å²) in [6, 6.07) is 9.25. The summed E-state index contributed by atoms with van der Waals surface area (Å²) < 4.78 is 50.7. The predicted octanol–water partition coefficient (Wildman–Crippen LogP) is 5.67. The number of methoxy groups -OCH3 is 1. The van der Waals surface area contributed by atoms with E-state index in [1.54, 1.807) is 59.7 Å². The van der Waals surface area contributed by atoms with Gasteiger partial charge >= 0.3 is 6.18 Å². The minimum absolute atomic E-state index is 0.0448. The van der Waals surface area contributed by atoms with Crippen molar-refractivity contribution < 1.29 is 22.7 Å². The van der Waals surface area contributed by atoms with E-state index in [1.165, 1.54) is 13.2 Å². The number of imidazole rings is 1. The van der Waals surface area contributed by atoms with Gasteiger partial charge in [-0.05, 0) is 65.4 Å². The van der Waals surface area contributed by atoms with Crippen LogP contribution in [0.4, 0.5) is 18.9 Å². The first kappa shape index (κ1) is 26.5. The lowest BCUT2D eigenvalue weighted by atomic mass is 9.87. The third kappa shape index (κ3) is 4.71. The summed E-state index contributed by atoms with van der Waals surface area (Å²) in [5.41, 5.74) is 3.31. The molecule has 1 amide bonds. The molecule has 1 aliphatic heterocycles. The molecule has 0 radical (unpaired) electrons. The van der Waals surface area contributed by atoms with Crippen LogP contribution in [0.15, 0.2) is 61.4 Å². The molecule has 0 saturated carbocycles. The number of aryl methyl sites for hydroxylation is 2. The van der Waals surface area contributed by atoms with Crippen molar-refractivity contribution in [2.75, 3.05) is 18.6 Å². The number of carbonyl (C=O) groups is 1. The number of benzene rings is 2. The van der Waals surface area contributed by atoms with Gasteiger partial charge in [0, 0.05) is 61.4 Å². The van der Waals surface area contributed by atoms with E-state index >= 15 is 0 Å². The monoisotopic (exact) mass is 560 g/mol. The van der Waals surface area contributed by atoms with Crippen LogP contribution in [0.2, 0.25) is 0 Å². The van der Waals surface area contributed by atoms with Crippen LogP contribution >= 0.6 is 0 Å². The van der Waals surface area contributed by atoms with Crippen LogP contribution in [0.1, 0.15) is 39.7 Å². The summed E-state index contributed by atoms with van der Waals surface area (Å²) >= 11 is 0. The van der Waals surface area contributed by atoms with Crippen molar-refractivity contribution in [3.63, 3.8) is 0 Å². The number of aromatic nitrogens is 5. The molecule has 0 bridgehead atoms. The summed E-state index contributed by atoms with van der Waals surface area (Å²) in [6.45, 7) is 2.67. The summed E-state index contributed by atoms with van der Waals surface area (Å²) in [6.07, 6.45) is 4.50. The van der Waals surface area contributed by atoms with Crippen LogP contribution in [0.5, 0.6) is 5.75 Å². The van der Waals surface area contributed by atoms with Gasteiger partial charge in [-0.1, -0.05) is 6.92 Å². The lowest BCUT2D eigenvalue weighted by molar-refractivity contribution is -0.140. The van der Waals surface area contributed by atoms with Gasteiger partial charge in [0.25, 0.3) is 5.91 Å². The average molecular weight is 561 g/mol. The number of carbonyl (C=O) groups excluding carboxylic acids is 1. The summed E-state index contributed by atoms with van der Waals surface area (Å²) in [5, 5.41) is 4.50. The van der Waals surface area contributed by atoms with Crippen LogP contribution in [0.3, 0.4) is 0 Å². The van der Waals surface area contributed by atoms with E-state index in [0.717, 1.165) is 22.1 Å². The van der Waals surface area contributed by atoms with Crippen LogP contribution in [0, 0.1) is 0 Å². The molecule has 1 aliphatic rings. The number of amides is 1. The van der Waals surface area contributed by atoms with E-state index in [2.05, 4.69) is 15.1 Å². The lowest BCUT2D eigenvalue weighted by Gasteiger charge is -2.31. The zero-order valence-corrected chi connectivity index (χ0v) is 22.7. The van der Waals surface area contributed by atoms with Gasteiger partial charge in [-0.15, -0.1) is 0 Å². The molecule has 0 atom stereocenters. The molecule has 0 unspecified atom stereocenters. The highest BCUT2D eigenvalue weighted by Crippen LogP contribution is 2.41. The number of ether oxygens (including phenoxy) is 1. The molecule has 11 heteroatoms. The van der Waals surface area contributed by atoms with Gasteiger partial charge in [-0.25, -0.2) is 4.98 Å². The first-order chi connectivity index (χ1) is 19.7.